The molecule has 2 rings (SSSR count). The molecule has 29 heavy (non-hydrogen) atoms. The molecular weight excluding hydrogens is 371 g/mol. The van der Waals surface area contributed by atoms with Crippen LogP contribution < -0.4 is 10.1 Å². The number of ether oxygens (including phenoxy) is 1. The van der Waals surface area contributed by atoms with E-state index in [1.807, 2.05) is 52.0 Å². The van der Waals surface area contributed by atoms with E-state index in [0.717, 1.165) is 11.1 Å². The van der Waals surface area contributed by atoms with E-state index in [2.05, 4.69) is 5.32 Å². The Bertz CT molecular complexity index is 844. The summed E-state index contributed by atoms with van der Waals surface area (Å²) in [5.41, 5.74) is 1.58. The molecule has 0 saturated carbocycles. The highest BCUT2D eigenvalue weighted by atomic mass is 19.1. The Balaban J connectivity index is 2.18. The summed E-state index contributed by atoms with van der Waals surface area (Å²) in [4.78, 5) is 27.0. The van der Waals surface area contributed by atoms with Gasteiger partial charge in [-0.2, -0.15) is 0 Å². The molecule has 0 unspecified atom stereocenters. The van der Waals surface area contributed by atoms with Crippen LogP contribution in [-0.4, -0.2) is 34.9 Å². The van der Waals surface area contributed by atoms with Crippen LogP contribution in [0.4, 0.5) is 4.39 Å². The van der Waals surface area contributed by atoms with Crippen LogP contribution in [0.15, 0.2) is 48.5 Å². The number of aryl methyl sites for hydroxylation is 1. The molecule has 2 aromatic carbocycles. The third kappa shape index (κ3) is 6.89. The van der Waals surface area contributed by atoms with Gasteiger partial charge in [-0.1, -0.05) is 42.0 Å². The van der Waals surface area contributed by atoms with Crippen molar-refractivity contribution >= 4 is 11.8 Å². The molecule has 1 atom stereocenters. The summed E-state index contributed by atoms with van der Waals surface area (Å²) in [6.45, 7) is 9.18. The van der Waals surface area contributed by atoms with Gasteiger partial charge in [0.05, 0.1) is 0 Å². The van der Waals surface area contributed by atoms with Crippen molar-refractivity contribution in [3.05, 3.63) is 65.5 Å². The van der Waals surface area contributed by atoms with Crippen molar-refractivity contribution in [3.63, 3.8) is 0 Å². The lowest BCUT2D eigenvalue weighted by Crippen LogP contribution is -2.53. The minimum atomic E-state index is -0.716. The molecule has 0 aliphatic rings. The Hall–Kier alpha value is -2.89. The Morgan fingerprint density at radius 1 is 1.10 bits per heavy atom. The van der Waals surface area contributed by atoms with Crippen LogP contribution in [0.1, 0.15) is 38.8 Å². The number of nitrogens with one attached hydrogen (secondary N) is 1. The zero-order valence-corrected chi connectivity index (χ0v) is 17.7. The smallest absolute Gasteiger partial charge is 0.261 e. The van der Waals surface area contributed by atoms with Crippen molar-refractivity contribution in [2.45, 2.75) is 52.7 Å². The van der Waals surface area contributed by atoms with Crippen molar-refractivity contribution in [2.24, 2.45) is 0 Å². The van der Waals surface area contributed by atoms with Crippen molar-refractivity contribution < 1.29 is 18.7 Å². The topological polar surface area (TPSA) is 58.6 Å². The van der Waals surface area contributed by atoms with E-state index >= 15 is 0 Å². The standard InChI is InChI=1S/C23H29FN2O3/c1-16-10-12-18(13-11-16)14-26(17(2)22(28)25-23(3,4)5)21(27)15-29-20-9-7-6-8-19(20)24/h6-13,17H,14-15H2,1-5H3,(H,25,28)/t17-/m1/s1. The molecule has 0 radical (unpaired) electrons. The van der Waals surface area contributed by atoms with Gasteiger partial charge in [-0.15, -0.1) is 0 Å². The van der Waals surface area contributed by atoms with Crippen LogP contribution in [0.3, 0.4) is 0 Å². The van der Waals surface area contributed by atoms with Crippen LogP contribution in [0.2, 0.25) is 0 Å². The van der Waals surface area contributed by atoms with E-state index in [-0.39, 0.29) is 24.8 Å². The van der Waals surface area contributed by atoms with Crippen LogP contribution in [-0.2, 0) is 16.1 Å². The van der Waals surface area contributed by atoms with E-state index < -0.39 is 23.3 Å². The van der Waals surface area contributed by atoms with Gasteiger partial charge in [-0.3, -0.25) is 9.59 Å². The molecular formula is C23H29FN2O3. The fourth-order valence-corrected chi connectivity index (χ4v) is 2.73. The first-order chi connectivity index (χ1) is 13.6. The summed E-state index contributed by atoms with van der Waals surface area (Å²) in [5.74, 6) is -1.19. The third-order valence-electron chi connectivity index (χ3n) is 4.33. The predicted octanol–water partition coefficient (Wildman–Crippen LogP) is 3.84. The van der Waals surface area contributed by atoms with Gasteiger partial charge in [-0.25, -0.2) is 4.39 Å². The fraction of sp³-hybridized carbons (Fsp3) is 0.391. The zero-order chi connectivity index (χ0) is 21.6. The maximum atomic E-state index is 13.8. The largest absolute Gasteiger partial charge is 0.481 e. The number of carbonyl (C=O) groups is 2. The van der Waals surface area contributed by atoms with Gasteiger partial charge >= 0.3 is 0 Å². The first-order valence-electron chi connectivity index (χ1n) is 9.61. The fourth-order valence-electron chi connectivity index (χ4n) is 2.73. The van der Waals surface area contributed by atoms with Gasteiger partial charge in [0.1, 0.15) is 6.04 Å². The lowest BCUT2D eigenvalue weighted by atomic mass is 10.1. The average Bonchev–Trinajstić information content (AvgIpc) is 2.64. The van der Waals surface area contributed by atoms with Crippen LogP contribution >= 0.6 is 0 Å². The van der Waals surface area contributed by atoms with E-state index in [1.54, 1.807) is 19.1 Å². The molecule has 5 nitrogen and oxygen atoms in total. The highest BCUT2D eigenvalue weighted by Gasteiger charge is 2.28. The SMILES string of the molecule is Cc1ccc(CN(C(=O)COc2ccccc2F)[C@H](C)C(=O)NC(C)(C)C)cc1. The van der Waals surface area contributed by atoms with Gasteiger partial charge in [0.25, 0.3) is 5.91 Å². The summed E-state index contributed by atoms with van der Waals surface area (Å²) >= 11 is 0. The zero-order valence-electron chi connectivity index (χ0n) is 17.7. The second-order valence-electron chi connectivity index (χ2n) is 8.14. The molecule has 0 spiro atoms. The lowest BCUT2D eigenvalue weighted by Gasteiger charge is -2.31. The maximum Gasteiger partial charge on any atom is 0.261 e. The highest BCUT2D eigenvalue weighted by Crippen LogP contribution is 2.17. The van der Waals surface area contributed by atoms with Crippen LogP contribution in [0, 0.1) is 12.7 Å². The molecule has 6 heteroatoms. The molecule has 0 aliphatic carbocycles. The van der Waals surface area contributed by atoms with Gasteiger partial charge in [0.2, 0.25) is 5.91 Å². The molecule has 0 aromatic heterocycles. The third-order valence-corrected chi connectivity index (χ3v) is 4.33. The Morgan fingerprint density at radius 2 is 1.72 bits per heavy atom. The average molecular weight is 400 g/mol. The van der Waals surface area contributed by atoms with Crippen molar-refractivity contribution in [1.82, 2.24) is 10.2 Å². The first kappa shape index (κ1) is 22.4. The summed E-state index contributed by atoms with van der Waals surface area (Å²) in [7, 11) is 0. The quantitative estimate of drug-likeness (QED) is 0.768. The van der Waals surface area contributed by atoms with Crippen LogP contribution in [0.5, 0.6) is 5.75 Å². The van der Waals surface area contributed by atoms with E-state index in [4.69, 9.17) is 4.74 Å². The van der Waals surface area contributed by atoms with E-state index in [1.165, 1.54) is 17.0 Å². The van der Waals surface area contributed by atoms with Gasteiger partial charge in [-0.05, 0) is 52.3 Å². The number of amides is 2. The summed E-state index contributed by atoms with van der Waals surface area (Å²) in [6.07, 6.45) is 0. The molecule has 0 bridgehead atoms. The van der Waals surface area contributed by atoms with Gasteiger partial charge in [0, 0.05) is 12.1 Å². The van der Waals surface area contributed by atoms with Crippen molar-refractivity contribution in [2.75, 3.05) is 6.61 Å². The minimum Gasteiger partial charge on any atom is -0.481 e. The molecule has 0 fully saturated rings. The Labute approximate surface area is 171 Å². The monoisotopic (exact) mass is 400 g/mol. The second kappa shape index (κ2) is 9.54. The van der Waals surface area contributed by atoms with Crippen molar-refractivity contribution in [1.29, 1.82) is 0 Å². The first-order valence-corrected chi connectivity index (χ1v) is 9.61. The van der Waals surface area contributed by atoms with Gasteiger partial charge < -0.3 is 15.0 Å². The maximum absolute atomic E-state index is 13.8. The summed E-state index contributed by atoms with van der Waals surface area (Å²) < 4.78 is 19.2. The number of halogens is 1. The minimum absolute atomic E-state index is 0.00271. The van der Waals surface area contributed by atoms with Crippen LogP contribution in [0.25, 0.3) is 0 Å². The summed E-state index contributed by atoms with van der Waals surface area (Å²) in [5, 5.41) is 2.90. The number of hydrogen-bond acceptors (Lipinski definition) is 3. The van der Waals surface area contributed by atoms with Gasteiger partial charge in [0.15, 0.2) is 18.2 Å². The number of para-hydroxylation sites is 1. The molecule has 0 heterocycles. The molecule has 0 aliphatic heterocycles. The predicted molar refractivity (Wildman–Crippen MR) is 111 cm³/mol. The number of benzene rings is 2. The Morgan fingerprint density at radius 3 is 2.31 bits per heavy atom. The highest BCUT2D eigenvalue weighted by molar-refractivity contribution is 5.88. The van der Waals surface area contributed by atoms with E-state index in [0.29, 0.717) is 0 Å². The molecule has 2 amide bonds. The molecule has 0 saturated heterocycles. The number of nitrogens with zero attached hydrogens (tertiary/aromatic N) is 1. The van der Waals surface area contributed by atoms with Crippen molar-refractivity contribution in [3.8, 4) is 5.75 Å². The molecule has 156 valence electrons. The lowest BCUT2D eigenvalue weighted by molar-refractivity contribution is -0.142. The second-order valence-corrected chi connectivity index (χ2v) is 8.14. The molecule has 2 aromatic rings. The molecule has 1 N–H and O–H groups in total. The Kier molecular flexibility index (Phi) is 7.37. The number of carbonyl (C=O) groups excluding carboxylic acids is 2. The number of rotatable bonds is 7. The number of hydrogen-bond donors (Lipinski definition) is 1. The normalized spacial score (nSPS) is 12.2. The van der Waals surface area contributed by atoms with E-state index in [9.17, 15) is 14.0 Å². The summed E-state index contributed by atoms with van der Waals surface area (Å²) in [6, 6.07) is 12.9.